The van der Waals surface area contributed by atoms with Crippen LogP contribution in [0.4, 0.5) is 5.69 Å². The van der Waals surface area contributed by atoms with Crippen LogP contribution in [0.2, 0.25) is 10.0 Å². The van der Waals surface area contributed by atoms with Crippen molar-refractivity contribution in [1.29, 1.82) is 0 Å². The van der Waals surface area contributed by atoms with Gasteiger partial charge in [0, 0.05) is 5.56 Å². The molecule has 1 aromatic heterocycles. The molecule has 0 saturated carbocycles. The summed E-state index contributed by atoms with van der Waals surface area (Å²) in [4.78, 5) is 36.7. The average Bonchev–Trinajstić information content (AvgIpc) is 3.35. The number of carbonyl (C=O) groups excluding carboxylic acids is 3. The Hall–Kier alpha value is -3.55. The van der Waals surface area contributed by atoms with Gasteiger partial charge in [-0.05, 0) is 60.7 Å². The second-order valence-electron chi connectivity index (χ2n) is 6.51. The van der Waals surface area contributed by atoms with Crippen LogP contribution in [0.25, 0.3) is 17.4 Å². The largest absolute Gasteiger partial charge is 0.465 e. The normalized spacial score (nSPS) is 14.8. The van der Waals surface area contributed by atoms with Gasteiger partial charge in [-0.15, -0.1) is 0 Å². The van der Waals surface area contributed by atoms with Crippen LogP contribution < -0.4 is 10.4 Å². The van der Waals surface area contributed by atoms with Crippen LogP contribution in [0.1, 0.15) is 16.1 Å². The number of nitrogens with one attached hydrogen (secondary N) is 1. The van der Waals surface area contributed by atoms with Gasteiger partial charge in [-0.2, -0.15) is 0 Å². The van der Waals surface area contributed by atoms with Crippen molar-refractivity contribution < 1.29 is 23.5 Å². The highest BCUT2D eigenvalue weighted by Gasteiger charge is 2.34. The van der Waals surface area contributed by atoms with Crippen molar-refractivity contribution in [3.8, 4) is 11.3 Å². The minimum atomic E-state index is -0.575. The van der Waals surface area contributed by atoms with E-state index in [1.165, 1.54) is 37.5 Å². The zero-order valence-electron chi connectivity index (χ0n) is 16.0. The Morgan fingerprint density at radius 3 is 2.45 bits per heavy atom. The minimum Gasteiger partial charge on any atom is -0.465 e. The van der Waals surface area contributed by atoms with Gasteiger partial charge >= 0.3 is 5.97 Å². The number of benzene rings is 2. The standard InChI is InChI=1S/C22H14Cl2N2O5/c1-30-22(29)12-2-5-14(6-3-12)26-21(28)16(20(27)25-26)11-15-7-9-19(31-15)13-4-8-17(23)18(24)10-13/h2-11H,1H3,(H,25,27)/b16-11-. The fourth-order valence-corrected chi connectivity index (χ4v) is 3.28. The van der Waals surface area contributed by atoms with E-state index in [1.54, 1.807) is 30.3 Å². The molecule has 0 spiro atoms. The molecular formula is C22H14Cl2N2O5. The Morgan fingerprint density at radius 1 is 1.03 bits per heavy atom. The molecule has 1 N–H and O–H groups in total. The molecule has 1 aliphatic rings. The summed E-state index contributed by atoms with van der Waals surface area (Å²) in [5, 5.41) is 1.90. The number of nitrogens with zero attached hydrogens (tertiary/aromatic N) is 1. The molecule has 2 heterocycles. The van der Waals surface area contributed by atoms with Crippen molar-refractivity contribution in [3.05, 3.63) is 81.5 Å². The Bertz CT molecular complexity index is 1230. The number of furan rings is 1. The molecule has 156 valence electrons. The molecule has 0 bridgehead atoms. The number of amides is 2. The van der Waals surface area contributed by atoms with Gasteiger partial charge in [0.25, 0.3) is 11.8 Å². The van der Waals surface area contributed by atoms with Gasteiger partial charge in [-0.25, -0.2) is 9.80 Å². The lowest BCUT2D eigenvalue weighted by atomic mass is 10.2. The molecule has 9 heteroatoms. The number of hydrogen-bond acceptors (Lipinski definition) is 5. The first-order chi connectivity index (χ1) is 14.9. The smallest absolute Gasteiger partial charge is 0.337 e. The number of esters is 1. The molecule has 1 saturated heterocycles. The van der Waals surface area contributed by atoms with Gasteiger partial charge in [-0.3, -0.25) is 15.0 Å². The van der Waals surface area contributed by atoms with Crippen LogP contribution in [0.3, 0.4) is 0 Å². The van der Waals surface area contributed by atoms with E-state index in [0.717, 1.165) is 5.01 Å². The molecule has 1 aliphatic heterocycles. The summed E-state index contributed by atoms with van der Waals surface area (Å²) in [6, 6.07) is 14.5. The second kappa shape index (κ2) is 8.29. The van der Waals surface area contributed by atoms with E-state index in [1.807, 2.05) is 0 Å². The first kappa shape index (κ1) is 20.7. The lowest BCUT2D eigenvalue weighted by Crippen LogP contribution is -2.35. The van der Waals surface area contributed by atoms with Crippen LogP contribution in [-0.2, 0) is 14.3 Å². The molecule has 0 radical (unpaired) electrons. The summed E-state index contributed by atoms with van der Waals surface area (Å²) in [7, 11) is 1.28. The number of halogens is 2. The zero-order chi connectivity index (χ0) is 22.1. The maximum absolute atomic E-state index is 12.8. The summed E-state index contributed by atoms with van der Waals surface area (Å²) < 4.78 is 10.4. The summed E-state index contributed by atoms with van der Waals surface area (Å²) in [6.07, 6.45) is 1.36. The SMILES string of the molecule is COC(=O)c1ccc(N2NC(=O)/C(=C/c3ccc(-c4ccc(Cl)c(Cl)c4)o3)C2=O)cc1. The van der Waals surface area contributed by atoms with Crippen LogP contribution in [-0.4, -0.2) is 24.9 Å². The summed E-state index contributed by atoms with van der Waals surface area (Å²) in [5.74, 6) is -0.800. The monoisotopic (exact) mass is 456 g/mol. The third-order valence-corrected chi connectivity index (χ3v) is 5.29. The fourth-order valence-electron chi connectivity index (χ4n) is 2.98. The van der Waals surface area contributed by atoms with E-state index in [4.69, 9.17) is 27.6 Å². The summed E-state index contributed by atoms with van der Waals surface area (Å²) >= 11 is 12.0. The maximum Gasteiger partial charge on any atom is 0.337 e. The number of hydrogen-bond donors (Lipinski definition) is 1. The highest BCUT2D eigenvalue weighted by molar-refractivity contribution is 6.42. The van der Waals surface area contributed by atoms with E-state index in [0.29, 0.717) is 38.4 Å². The molecule has 0 unspecified atom stereocenters. The number of hydrazine groups is 1. The Kier molecular flexibility index (Phi) is 5.54. The number of ether oxygens (including phenoxy) is 1. The van der Waals surface area contributed by atoms with Crippen molar-refractivity contribution in [2.75, 3.05) is 12.1 Å². The van der Waals surface area contributed by atoms with E-state index in [9.17, 15) is 14.4 Å². The van der Waals surface area contributed by atoms with E-state index >= 15 is 0 Å². The van der Waals surface area contributed by atoms with Gasteiger partial charge in [0.2, 0.25) is 0 Å². The number of rotatable bonds is 4. The molecule has 3 aromatic rings. The van der Waals surface area contributed by atoms with Crippen molar-refractivity contribution >= 4 is 52.7 Å². The first-order valence-electron chi connectivity index (χ1n) is 8.98. The van der Waals surface area contributed by atoms with Gasteiger partial charge in [-0.1, -0.05) is 23.2 Å². The van der Waals surface area contributed by atoms with Crippen LogP contribution in [0, 0.1) is 0 Å². The highest BCUT2D eigenvalue weighted by Crippen LogP contribution is 2.30. The van der Waals surface area contributed by atoms with E-state index in [2.05, 4.69) is 10.2 Å². The predicted octanol–water partition coefficient (Wildman–Crippen LogP) is 4.50. The second-order valence-corrected chi connectivity index (χ2v) is 7.32. The highest BCUT2D eigenvalue weighted by atomic mass is 35.5. The van der Waals surface area contributed by atoms with Crippen molar-refractivity contribution in [2.24, 2.45) is 0 Å². The predicted molar refractivity (Wildman–Crippen MR) is 116 cm³/mol. The topological polar surface area (TPSA) is 88.8 Å². The van der Waals surface area contributed by atoms with Crippen molar-refractivity contribution in [2.45, 2.75) is 0 Å². The third kappa shape index (κ3) is 4.05. The van der Waals surface area contributed by atoms with Crippen LogP contribution in [0.5, 0.6) is 0 Å². The molecule has 0 atom stereocenters. The number of carbonyl (C=O) groups is 3. The summed E-state index contributed by atoms with van der Waals surface area (Å²) in [6.45, 7) is 0. The molecule has 1 fully saturated rings. The minimum absolute atomic E-state index is 0.0907. The summed E-state index contributed by atoms with van der Waals surface area (Å²) in [5.41, 5.74) is 3.82. The Morgan fingerprint density at radius 2 is 1.77 bits per heavy atom. The molecule has 31 heavy (non-hydrogen) atoms. The van der Waals surface area contributed by atoms with Gasteiger partial charge in [0.05, 0.1) is 28.4 Å². The molecular weight excluding hydrogens is 443 g/mol. The van der Waals surface area contributed by atoms with Gasteiger partial charge < -0.3 is 9.15 Å². The number of methoxy groups -OCH3 is 1. The van der Waals surface area contributed by atoms with E-state index in [-0.39, 0.29) is 5.57 Å². The lowest BCUT2D eigenvalue weighted by Gasteiger charge is -2.14. The van der Waals surface area contributed by atoms with Crippen LogP contribution >= 0.6 is 23.2 Å². The maximum atomic E-state index is 12.8. The molecule has 0 aliphatic carbocycles. The quantitative estimate of drug-likeness (QED) is 0.354. The molecule has 2 amide bonds. The Labute approximate surface area is 186 Å². The number of anilines is 1. The van der Waals surface area contributed by atoms with Crippen LogP contribution in [0.15, 0.2) is 64.6 Å². The van der Waals surface area contributed by atoms with Crippen molar-refractivity contribution in [1.82, 2.24) is 5.43 Å². The first-order valence-corrected chi connectivity index (χ1v) is 9.74. The average molecular weight is 457 g/mol. The van der Waals surface area contributed by atoms with Crippen molar-refractivity contribution in [3.63, 3.8) is 0 Å². The molecule has 7 nitrogen and oxygen atoms in total. The lowest BCUT2D eigenvalue weighted by molar-refractivity contribution is -0.117. The van der Waals surface area contributed by atoms with E-state index < -0.39 is 17.8 Å². The molecule has 4 rings (SSSR count). The fraction of sp³-hybridized carbons (Fsp3) is 0.0455. The molecule has 2 aromatic carbocycles. The van der Waals surface area contributed by atoms with Gasteiger partial charge in [0.1, 0.15) is 17.1 Å². The third-order valence-electron chi connectivity index (χ3n) is 4.56. The zero-order valence-corrected chi connectivity index (χ0v) is 17.5. The van der Waals surface area contributed by atoms with Gasteiger partial charge in [0.15, 0.2) is 0 Å². The Balaban J connectivity index is 1.57.